The quantitative estimate of drug-likeness (QED) is 0.519. The van der Waals surface area contributed by atoms with Crippen molar-refractivity contribution in [3.05, 3.63) is 17.5 Å². The van der Waals surface area contributed by atoms with Crippen LogP contribution in [0, 0.1) is 18.3 Å². The van der Waals surface area contributed by atoms with Gasteiger partial charge in [-0.05, 0) is 72.1 Å². The van der Waals surface area contributed by atoms with Gasteiger partial charge in [-0.25, -0.2) is 24.2 Å². The molecule has 0 aromatic carbocycles. The number of nitrogens with zero attached hydrogens (tertiary/aromatic N) is 6. The molecule has 10 nitrogen and oxygen atoms in total. The molecular formula is C26H43N7O3S. The van der Waals surface area contributed by atoms with Gasteiger partial charge in [0, 0.05) is 30.6 Å². The maximum atomic E-state index is 12.5. The Kier molecular flexibility index (Phi) is 9.18. The Balaban J connectivity index is 1.72. The summed E-state index contributed by atoms with van der Waals surface area (Å²) in [6, 6.07) is 2.31. The number of hydrogen-bond donors (Lipinski definition) is 1. The van der Waals surface area contributed by atoms with Gasteiger partial charge in [0.15, 0.2) is 0 Å². The van der Waals surface area contributed by atoms with Crippen molar-refractivity contribution < 1.29 is 14.3 Å². The number of carbonyl (C=O) groups excluding carboxylic acids is 1. The van der Waals surface area contributed by atoms with Crippen LogP contribution in [0.5, 0.6) is 0 Å². The first-order chi connectivity index (χ1) is 17.3. The van der Waals surface area contributed by atoms with Gasteiger partial charge in [-0.15, -0.1) is 0 Å². The fourth-order valence-corrected chi connectivity index (χ4v) is 4.97. The van der Waals surface area contributed by atoms with Crippen molar-refractivity contribution in [3.63, 3.8) is 0 Å². The second kappa shape index (κ2) is 11.8. The van der Waals surface area contributed by atoms with Crippen molar-refractivity contribution in [2.24, 2.45) is 0 Å². The molecule has 0 radical (unpaired) electrons. The highest BCUT2D eigenvalue weighted by atomic mass is 32.3. The van der Waals surface area contributed by atoms with Crippen LogP contribution in [0.4, 0.5) is 10.6 Å². The van der Waals surface area contributed by atoms with Crippen molar-refractivity contribution in [1.82, 2.24) is 24.5 Å². The minimum atomic E-state index is -0.609. The molecule has 0 unspecified atom stereocenters. The lowest BCUT2D eigenvalue weighted by molar-refractivity contribution is 0.0228. The first-order valence-electron chi connectivity index (χ1n) is 12.8. The van der Waals surface area contributed by atoms with Gasteiger partial charge in [-0.2, -0.15) is 15.5 Å². The van der Waals surface area contributed by atoms with Crippen LogP contribution in [0.3, 0.4) is 0 Å². The lowest BCUT2D eigenvalue weighted by atomic mass is 10.0. The highest BCUT2D eigenvalue weighted by molar-refractivity contribution is 8.32. The van der Waals surface area contributed by atoms with Crippen LogP contribution >= 0.6 is 10.0 Å². The molecule has 0 spiro atoms. The standard InChI is InChI=1S/C26H43N7O3S/c1-19-22(17-32(29-19)18-35-14-15-37(5,6)7)23-21(16-27)24(28)33(30-23)20-10-8-12-31(13-9-11-20)25(34)36-26(2,3)4/h17,20H,8-15,18,28H2,1-7H3. The first kappa shape index (κ1) is 28.9. The minimum Gasteiger partial charge on any atom is -0.444 e. The van der Waals surface area contributed by atoms with Gasteiger partial charge in [-0.3, -0.25) is 0 Å². The van der Waals surface area contributed by atoms with Crippen molar-refractivity contribution in [2.45, 2.75) is 71.8 Å². The van der Waals surface area contributed by atoms with Crippen molar-refractivity contribution in [1.29, 1.82) is 5.26 Å². The fourth-order valence-electron chi connectivity index (χ4n) is 4.35. The molecule has 1 aliphatic heterocycles. The predicted octanol–water partition coefficient (Wildman–Crippen LogP) is 4.53. The maximum absolute atomic E-state index is 12.5. The second-order valence-electron chi connectivity index (χ2n) is 11.6. The maximum Gasteiger partial charge on any atom is 0.410 e. The Morgan fingerprint density at radius 2 is 1.86 bits per heavy atom. The Bertz CT molecular complexity index is 1110. The molecule has 0 saturated carbocycles. The number of likely N-dealkylation sites (tertiary alicyclic amines) is 1. The van der Waals surface area contributed by atoms with E-state index in [4.69, 9.17) is 20.3 Å². The minimum absolute atomic E-state index is 0.0558. The Morgan fingerprint density at radius 3 is 2.43 bits per heavy atom. The number of aromatic nitrogens is 4. The number of anilines is 1. The van der Waals surface area contributed by atoms with Gasteiger partial charge in [0.25, 0.3) is 0 Å². The van der Waals surface area contributed by atoms with Crippen molar-refractivity contribution in [3.8, 4) is 17.3 Å². The summed E-state index contributed by atoms with van der Waals surface area (Å²) in [5.41, 5.74) is 8.43. The van der Waals surface area contributed by atoms with E-state index in [0.717, 1.165) is 42.7 Å². The van der Waals surface area contributed by atoms with E-state index in [1.807, 2.05) is 33.9 Å². The highest BCUT2D eigenvalue weighted by Crippen LogP contribution is 2.35. The molecule has 3 rings (SSSR count). The summed E-state index contributed by atoms with van der Waals surface area (Å²) in [6.07, 6.45) is 11.6. The van der Waals surface area contributed by atoms with Crippen LogP contribution in [0.15, 0.2) is 6.20 Å². The smallest absolute Gasteiger partial charge is 0.410 e. The summed E-state index contributed by atoms with van der Waals surface area (Å²) >= 11 is 0. The van der Waals surface area contributed by atoms with Crippen LogP contribution < -0.4 is 5.73 Å². The van der Waals surface area contributed by atoms with Crippen LogP contribution in [-0.2, 0) is 16.2 Å². The molecular weight excluding hydrogens is 490 g/mol. The second-order valence-corrected chi connectivity index (χ2v) is 16.2. The topological polar surface area (TPSA) is 124 Å². The SMILES string of the molecule is Cc1nn(COCCS(C)(C)C)cc1-c1nn(C2CCCN(C(=O)OC(C)(C)C)CCC2)c(N)c1C#N. The van der Waals surface area contributed by atoms with Crippen LogP contribution in [0.25, 0.3) is 11.3 Å². The number of nitrogens with two attached hydrogens (primary N) is 1. The van der Waals surface area contributed by atoms with Gasteiger partial charge in [0.05, 0.1) is 18.3 Å². The number of nitriles is 1. The highest BCUT2D eigenvalue weighted by Gasteiger charge is 2.28. The lowest BCUT2D eigenvalue weighted by Gasteiger charge is -2.30. The van der Waals surface area contributed by atoms with E-state index in [-0.39, 0.29) is 12.1 Å². The van der Waals surface area contributed by atoms with E-state index < -0.39 is 15.6 Å². The van der Waals surface area contributed by atoms with Gasteiger partial charge < -0.3 is 20.1 Å². The Hall–Kier alpha value is -2.71. The number of nitrogen functional groups attached to an aromatic ring is 1. The number of rotatable bonds is 7. The van der Waals surface area contributed by atoms with Gasteiger partial charge in [-0.1, -0.05) is 0 Å². The molecule has 2 aromatic rings. The van der Waals surface area contributed by atoms with Gasteiger partial charge in [0.1, 0.15) is 35.5 Å². The summed E-state index contributed by atoms with van der Waals surface area (Å²) in [5, 5.41) is 19.3. The monoisotopic (exact) mass is 533 g/mol. The number of ether oxygens (including phenoxy) is 2. The molecule has 206 valence electrons. The number of carbonyl (C=O) groups is 1. The fraction of sp³-hybridized carbons (Fsp3) is 0.692. The molecule has 3 heterocycles. The molecule has 1 fully saturated rings. The zero-order valence-corrected chi connectivity index (χ0v) is 24.2. The summed E-state index contributed by atoms with van der Waals surface area (Å²) in [4.78, 5) is 14.3. The zero-order valence-electron chi connectivity index (χ0n) is 23.4. The average molecular weight is 534 g/mol. The predicted molar refractivity (Wildman–Crippen MR) is 149 cm³/mol. The molecule has 0 bridgehead atoms. The molecule has 1 saturated heterocycles. The third-order valence-corrected chi connectivity index (χ3v) is 7.64. The Morgan fingerprint density at radius 1 is 1.22 bits per heavy atom. The average Bonchev–Trinajstić information content (AvgIpc) is 3.28. The molecule has 0 atom stereocenters. The van der Waals surface area contributed by atoms with Gasteiger partial charge in [0.2, 0.25) is 0 Å². The molecule has 37 heavy (non-hydrogen) atoms. The number of aryl methyl sites for hydroxylation is 1. The van der Waals surface area contributed by atoms with Crippen LogP contribution in [0.2, 0.25) is 0 Å². The first-order valence-corrected chi connectivity index (χ1v) is 15.9. The molecule has 11 heteroatoms. The third kappa shape index (κ3) is 7.89. The van der Waals surface area contributed by atoms with E-state index in [2.05, 4.69) is 29.9 Å². The molecule has 2 N–H and O–H groups in total. The van der Waals surface area contributed by atoms with E-state index in [0.29, 0.717) is 43.5 Å². The van der Waals surface area contributed by atoms with E-state index >= 15 is 0 Å². The molecule has 1 amide bonds. The number of amides is 1. The summed E-state index contributed by atoms with van der Waals surface area (Å²) in [5.74, 6) is 1.42. The number of hydrogen-bond acceptors (Lipinski definition) is 7. The molecule has 1 aliphatic rings. The normalized spacial score (nSPS) is 16.2. The van der Waals surface area contributed by atoms with Crippen molar-refractivity contribution in [2.75, 3.05) is 50.0 Å². The van der Waals surface area contributed by atoms with E-state index in [1.54, 1.807) is 14.3 Å². The van der Waals surface area contributed by atoms with Crippen LogP contribution in [-0.4, -0.2) is 80.4 Å². The summed E-state index contributed by atoms with van der Waals surface area (Å²) < 4.78 is 14.9. The largest absolute Gasteiger partial charge is 0.444 e. The van der Waals surface area contributed by atoms with Gasteiger partial charge >= 0.3 is 6.09 Å². The van der Waals surface area contributed by atoms with E-state index in [9.17, 15) is 10.1 Å². The summed E-state index contributed by atoms with van der Waals surface area (Å²) in [6.45, 7) is 9.81. The van der Waals surface area contributed by atoms with Crippen molar-refractivity contribution >= 4 is 21.9 Å². The Labute approximate surface area is 222 Å². The third-order valence-electron chi connectivity index (χ3n) is 6.25. The summed E-state index contributed by atoms with van der Waals surface area (Å²) in [7, 11) is -0.609. The molecule has 2 aromatic heterocycles. The van der Waals surface area contributed by atoms with E-state index in [1.165, 1.54) is 0 Å². The van der Waals surface area contributed by atoms with Crippen LogP contribution in [0.1, 0.15) is 63.8 Å². The molecule has 0 aliphatic carbocycles. The lowest BCUT2D eigenvalue weighted by Crippen LogP contribution is -2.39. The zero-order chi connectivity index (χ0) is 27.4.